The van der Waals surface area contributed by atoms with Gasteiger partial charge in [0.25, 0.3) is 0 Å². The molecule has 6 heteroatoms. The summed E-state index contributed by atoms with van der Waals surface area (Å²) in [5, 5.41) is 19.1. The second-order valence-electron chi connectivity index (χ2n) is 5.49. The van der Waals surface area contributed by atoms with Gasteiger partial charge in [-0.25, -0.2) is 4.98 Å². The summed E-state index contributed by atoms with van der Waals surface area (Å²) >= 11 is 1.49. The van der Waals surface area contributed by atoms with Crippen LogP contribution in [-0.2, 0) is 0 Å². The summed E-state index contributed by atoms with van der Waals surface area (Å²) in [5.74, 6) is 0.202. The topological polar surface area (TPSA) is 57.5 Å². The first kappa shape index (κ1) is 18.1. The molecular formula is C20H15BrN3OS-. The number of aromatic hydroxyl groups is 1. The molecule has 1 aromatic heterocycles. The molecule has 3 aromatic carbocycles. The Labute approximate surface area is 165 Å². The highest BCUT2D eigenvalue weighted by atomic mass is 79.9. The monoisotopic (exact) mass is 424 g/mol. The summed E-state index contributed by atoms with van der Waals surface area (Å²) in [4.78, 5) is 4.53. The lowest BCUT2D eigenvalue weighted by Gasteiger charge is -2.04. The Bertz CT molecular complexity index is 1050. The molecule has 4 nitrogen and oxygen atoms in total. The van der Waals surface area contributed by atoms with Gasteiger partial charge >= 0.3 is 0 Å². The van der Waals surface area contributed by atoms with Crippen LogP contribution in [0.5, 0.6) is 5.75 Å². The molecule has 26 heavy (non-hydrogen) atoms. The summed E-state index contributed by atoms with van der Waals surface area (Å²) in [6, 6.07) is 21.5. The summed E-state index contributed by atoms with van der Waals surface area (Å²) in [6.45, 7) is 0. The van der Waals surface area contributed by atoms with Gasteiger partial charge in [-0.1, -0.05) is 60.7 Å². The number of phenolic OH excluding ortho intramolecular Hbond substituents is 1. The normalized spacial score (nSPS) is 10.8. The third-order valence-corrected chi connectivity index (χ3v) is 4.62. The molecule has 4 aromatic rings. The Kier molecular flexibility index (Phi) is 5.65. The van der Waals surface area contributed by atoms with Crippen LogP contribution < -0.4 is 22.4 Å². The number of fused-ring (bicyclic) bond motifs is 1. The molecule has 2 N–H and O–H groups in total. The number of rotatable bonds is 4. The van der Waals surface area contributed by atoms with Crippen LogP contribution in [-0.4, -0.2) is 16.3 Å². The van der Waals surface area contributed by atoms with Gasteiger partial charge in [-0.05, 0) is 16.8 Å². The van der Waals surface area contributed by atoms with E-state index in [4.69, 9.17) is 0 Å². The fraction of sp³-hybridized carbons (Fsp3) is 0. The van der Waals surface area contributed by atoms with E-state index in [0.29, 0.717) is 10.7 Å². The molecule has 0 atom stereocenters. The second kappa shape index (κ2) is 8.12. The van der Waals surface area contributed by atoms with Crippen LogP contribution in [0.2, 0.25) is 0 Å². The third-order valence-electron chi connectivity index (χ3n) is 3.88. The Morgan fingerprint density at radius 2 is 1.73 bits per heavy atom. The summed E-state index contributed by atoms with van der Waals surface area (Å²) in [5.41, 5.74) is 5.61. The molecule has 0 bridgehead atoms. The molecule has 4 rings (SSSR count). The predicted octanol–water partition coefficient (Wildman–Crippen LogP) is 2.12. The van der Waals surface area contributed by atoms with E-state index in [1.807, 2.05) is 66.0 Å². The minimum atomic E-state index is 0. The molecule has 0 aliphatic carbocycles. The molecule has 0 aliphatic heterocycles. The maximum atomic E-state index is 10.1. The summed E-state index contributed by atoms with van der Waals surface area (Å²) in [7, 11) is 0. The SMILES string of the molecule is Oc1ccc2ccccc2c1/C=N/Nc1nc(-c2ccccc2)cs1.[Br-]. The third kappa shape index (κ3) is 3.76. The quantitative estimate of drug-likeness (QED) is 0.389. The summed E-state index contributed by atoms with van der Waals surface area (Å²) in [6.07, 6.45) is 1.63. The van der Waals surface area contributed by atoms with Gasteiger partial charge in [-0.2, -0.15) is 5.10 Å². The highest BCUT2D eigenvalue weighted by Gasteiger charge is 2.05. The van der Waals surface area contributed by atoms with E-state index in [1.54, 1.807) is 12.3 Å². The van der Waals surface area contributed by atoms with Gasteiger partial charge in [0.05, 0.1) is 11.9 Å². The largest absolute Gasteiger partial charge is 1.00 e. The predicted molar refractivity (Wildman–Crippen MR) is 104 cm³/mol. The number of benzene rings is 3. The maximum absolute atomic E-state index is 10.1. The maximum Gasteiger partial charge on any atom is 0.203 e. The van der Waals surface area contributed by atoms with Crippen LogP contribution >= 0.6 is 11.3 Å². The Morgan fingerprint density at radius 1 is 0.962 bits per heavy atom. The lowest BCUT2D eigenvalue weighted by molar-refractivity contribution is -0.00000582. The van der Waals surface area contributed by atoms with Crippen molar-refractivity contribution >= 4 is 33.5 Å². The Morgan fingerprint density at radius 3 is 2.58 bits per heavy atom. The van der Waals surface area contributed by atoms with E-state index < -0.39 is 0 Å². The molecule has 0 fully saturated rings. The number of phenols is 1. The van der Waals surface area contributed by atoms with Crippen molar-refractivity contribution in [3.05, 3.63) is 77.7 Å². The fourth-order valence-electron chi connectivity index (χ4n) is 2.64. The van der Waals surface area contributed by atoms with E-state index in [0.717, 1.165) is 22.0 Å². The standard InChI is InChI=1S/C20H15N3OS.BrH/c24-19-11-10-14-6-4-5-9-16(14)17(19)12-21-23-20-22-18(13-25-20)15-7-2-1-3-8-15;/h1-13,24H,(H,22,23);1H/p-1/b21-12+;. The zero-order valence-corrected chi connectivity index (χ0v) is 16.0. The van der Waals surface area contributed by atoms with Crippen LogP contribution in [0.4, 0.5) is 5.13 Å². The molecule has 0 saturated heterocycles. The van der Waals surface area contributed by atoms with Gasteiger partial charge in [0.2, 0.25) is 5.13 Å². The average Bonchev–Trinajstić information content (AvgIpc) is 3.13. The first-order chi connectivity index (χ1) is 12.3. The highest BCUT2D eigenvalue weighted by Crippen LogP contribution is 2.26. The van der Waals surface area contributed by atoms with Crippen molar-refractivity contribution in [3.8, 4) is 17.0 Å². The Balaban J connectivity index is 0.00000196. The smallest absolute Gasteiger partial charge is 0.203 e. The molecule has 0 radical (unpaired) electrons. The molecule has 0 amide bonds. The average molecular weight is 425 g/mol. The zero-order valence-electron chi connectivity index (χ0n) is 13.6. The summed E-state index contributed by atoms with van der Waals surface area (Å²) < 4.78 is 0. The number of hydrogen-bond acceptors (Lipinski definition) is 5. The molecule has 0 unspecified atom stereocenters. The number of anilines is 1. The number of nitrogens with one attached hydrogen (secondary N) is 1. The van der Waals surface area contributed by atoms with Gasteiger partial charge in [-0.3, -0.25) is 5.43 Å². The van der Waals surface area contributed by atoms with Crippen molar-refractivity contribution in [2.24, 2.45) is 5.10 Å². The van der Waals surface area contributed by atoms with Crippen molar-refractivity contribution in [1.82, 2.24) is 4.98 Å². The van der Waals surface area contributed by atoms with Gasteiger partial charge in [0.1, 0.15) is 5.75 Å². The van der Waals surface area contributed by atoms with Gasteiger partial charge in [-0.15, -0.1) is 11.3 Å². The van der Waals surface area contributed by atoms with Crippen LogP contribution in [0.15, 0.2) is 77.2 Å². The van der Waals surface area contributed by atoms with Crippen molar-refractivity contribution in [2.75, 3.05) is 5.43 Å². The van der Waals surface area contributed by atoms with E-state index in [9.17, 15) is 5.11 Å². The number of thiazole rings is 1. The van der Waals surface area contributed by atoms with Gasteiger partial charge < -0.3 is 22.1 Å². The van der Waals surface area contributed by atoms with Crippen molar-refractivity contribution in [1.29, 1.82) is 0 Å². The Hall–Kier alpha value is -2.70. The van der Waals surface area contributed by atoms with Gasteiger partial charge in [0.15, 0.2) is 0 Å². The highest BCUT2D eigenvalue weighted by molar-refractivity contribution is 7.14. The minimum absolute atomic E-state index is 0. The minimum Gasteiger partial charge on any atom is -1.00 e. The fourth-order valence-corrected chi connectivity index (χ4v) is 3.31. The number of aromatic nitrogens is 1. The zero-order chi connectivity index (χ0) is 17.1. The number of halogens is 1. The lowest BCUT2D eigenvalue weighted by atomic mass is 10.0. The van der Waals surface area contributed by atoms with Crippen LogP contribution in [0.1, 0.15) is 5.56 Å². The van der Waals surface area contributed by atoms with E-state index in [2.05, 4.69) is 15.5 Å². The van der Waals surface area contributed by atoms with Crippen molar-refractivity contribution in [2.45, 2.75) is 0 Å². The lowest BCUT2D eigenvalue weighted by Crippen LogP contribution is -3.00. The van der Waals surface area contributed by atoms with Crippen LogP contribution in [0, 0.1) is 0 Å². The molecule has 1 heterocycles. The molecule has 0 saturated carbocycles. The molecule has 130 valence electrons. The first-order valence-electron chi connectivity index (χ1n) is 7.82. The van der Waals surface area contributed by atoms with Crippen molar-refractivity contribution in [3.63, 3.8) is 0 Å². The number of hydrazone groups is 1. The van der Waals surface area contributed by atoms with Crippen LogP contribution in [0.3, 0.4) is 0 Å². The van der Waals surface area contributed by atoms with E-state index >= 15 is 0 Å². The molecule has 0 spiro atoms. The molecule has 0 aliphatic rings. The van der Waals surface area contributed by atoms with E-state index in [-0.39, 0.29) is 22.7 Å². The van der Waals surface area contributed by atoms with Crippen LogP contribution in [0.25, 0.3) is 22.0 Å². The van der Waals surface area contributed by atoms with Crippen molar-refractivity contribution < 1.29 is 22.1 Å². The van der Waals surface area contributed by atoms with Gasteiger partial charge in [0, 0.05) is 16.5 Å². The number of hydrogen-bond donors (Lipinski definition) is 2. The second-order valence-corrected chi connectivity index (χ2v) is 6.35. The first-order valence-corrected chi connectivity index (χ1v) is 8.70. The van der Waals surface area contributed by atoms with E-state index in [1.165, 1.54) is 11.3 Å². The number of nitrogens with zero attached hydrogens (tertiary/aromatic N) is 2. The molecular weight excluding hydrogens is 410 g/mol.